The normalized spacial score (nSPS) is 29.8. The van der Waals surface area contributed by atoms with Crippen molar-refractivity contribution in [2.24, 2.45) is 22.0 Å². The fourth-order valence-corrected chi connectivity index (χ4v) is 4.28. The first-order chi connectivity index (χ1) is 6.63. The van der Waals surface area contributed by atoms with Gasteiger partial charge in [0.15, 0.2) is 0 Å². The molecule has 0 aromatic rings. The van der Waals surface area contributed by atoms with E-state index in [0.29, 0.717) is 22.3 Å². The summed E-state index contributed by atoms with van der Waals surface area (Å²) in [6.07, 6.45) is 5.13. The molecule has 1 atom stereocenters. The van der Waals surface area contributed by atoms with E-state index in [0.717, 1.165) is 0 Å². The molecule has 0 spiro atoms. The third kappa shape index (κ3) is 2.75. The van der Waals surface area contributed by atoms with Crippen molar-refractivity contribution in [2.75, 3.05) is 0 Å². The molecule has 0 bridgehead atoms. The van der Waals surface area contributed by atoms with Crippen LogP contribution in [-0.4, -0.2) is 6.04 Å². The van der Waals surface area contributed by atoms with Crippen LogP contribution in [0.25, 0.3) is 0 Å². The third-order valence-electron chi connectivity index (χ3n) is 4.29. The Morgan fingerprint density at radius 2 is 1.40 bits per heavy atom. The molecule has 0 radical (unpaired) electrons. The minimum atomic E-state index is 0.321. The molecule has 0 saturated heterocycles. The molecule has 1 nitrogen and oxygen atoms in total. The number of hydrogen-bond acceptors (Lipinski definition) is 1. The van der Waals surface area contributed by atoms with Crippen molar-refractivity contribution in [3.05, 3.63) is 0 Å². The monoisotopic (exact) mass is 211 g/mol. The van der Waals surface area contributed by atoms with Gasteiger partial charge < -0.3 is 5.73 Å². The zero-order chi connectivity index (χ0) is 11.9. The molecule has 1 fully saturated rings. The summed E-state index contributed by atoms with van der Waals surface area (Å²) < 4.78 is 0. The van der Waals surface area contributed by atoms with E-state index in [1.165, 1.54) is 25.7 Å². The Hall–Kier alpha value is -0.0400. The van der Waals surface area contributed by atoms with Crippen LogP contribution < -0.4 is 5.73 Å². The molecule has 0 amide bonds. The van der Waals surface area contributed by atoms with Crippen molar-refractivity contribution < 1.29 is 0 Å². The maximum absolute atomic E-state index is 6.25. The molecule has 90 valence electrons. The van der Waals surface area contributed by atoms with Crippen LogP contribution in [0.15, 0.2) is 0 Å². The molecule has 1 heteroatoms. The molecule has 1 aliphatic carbocycles. The fraction of sp³-hybridized carbons (Fsp3) is 1.00. The lowest BCUT2D eigenvalue weighted by molar-refractivity contribution is -0.0179. The van der Waals surface area contributed by atoms with E-state index < -0.39 is 0 Å². The highest BCUT2D eigenvalue weighted by Gasteiger charge is 2.47. The van der Waals surface area contributed by atoms with E-state index in [2.05, 4.69) is 41.5 Å². The number of rotatable bonds is 2. The van der Waals surface area contributed by atoms with Gasteiger partial charge in [-0.3, -0.25) is 0 Å². The van der Waals surface area contributed by atoms with E-state index in [9.17, 15) is 0 Å². The van der Waals surface area contributed by atoms with Gasteiger partial charge in [0.05, 0.1) is 0 Å². The maximum Gasteiger partial charge on any atom is 0.00673 e. The maximum atomic E-state index is 6.25. The van der Waals surface area contributed by atoms with Crippen LogP contribution in [0.2, 0.25) is 0 Å². The van der Waals surface area contributed by atoms with Crippen LogP contribution in [0, 0.1) is 16.2 Å². The Morgan fingerprint density at radius 1 is 1.00 bits per heavy atom. The molecular weight excluding hydrogens is 182 g/mol. The SMILES string of the molecule is CCC1(C(C)N)CC(C)(C)CC(C)(C)C1. The zero-order valence-electron chi connectivity index (χ0n) is 11.5. The Morgan fingerprint density at radius 3 is 1.67 bits per heavy atom. The summed E-state index contributed by atoms with van der Waals surface area (Å²) in [6, 6.07) is 0.321. The summed E-state index contributed by atoms with van der Waals surface area (Å²) in [5.74, 6) is 0. The first kappa shape index (κ1) is 13.0. The van der Waals surface area contributed by atoms with Crippen molar-refractivity contribution in [1.29, 1.82) is 0 Å². The number of nitrogens with two attached hydrogens (primary N) is 1. The average molecular weight is 211 g/mol. The lowest BCUT2D eigenvalue weighted by Gasteiger charge is -2.54. The third-order valence-corrected chi connectivity index (χ3v) is 4.29. The van der Waals surface area contributed by atoms with Gasteiger partial charge in [-0.25, -0.2) is 0 Å². The molecule has 1 aliphatic rings. The van der Waals surface area contributed by atoms with Crippen molar-refractivity contribution in [3.8, 4) is 0 Å². The van der Waals surface area contributed by atoms with Gasteiger partial charge in [0.2, 0.25) is 0 Å². The molecular formula is C14H29N. The summed E-state index contributed by atoms with van der Waals surface area (Å²) in [5.41, 5.74) is 7.52. The summed E-state index contributed by atoms with van der Waals surface area (Å²) in [4.78, 5) is 0. The smallest absolute Gasteiger partial charge is 0.00673 e. The fourth-order valence-electron chi connectivity index (χ4n) is 4.28. The Kier molecular flexibility index (Phi) is 3.27. The summed E-state index contributed by atoms with van der Waals surface area (Å²) in [5, 5.41) is 0. The Balaban J connectivity index is 3.00. The van der Waals surface area contributed by atoms with Crippen LogP contribution in [0.5, 0.6) is 0 Å². The van der Waals surface area contributed by atoms with E-state index in [-0.39, 0.29) is 0 Å². The molecule has 2 N–H and O–H groups in total. The Bertz CT molecular complexity index is 209. The second kappa shape index (κ2) is 3.76. The minimum Gasteiger partial charge on any atom is -0.327 e. The lowest BCUT2D eigenvalue weighted by Crippen LogP contribution is -2.49. The molecule has 0 aromatic heterocycles. The number of hydrogen-bond donors (Lipinski definition) is 1. The van der Waals surface area contributed by atoms with Crippen molar-refractivity contribution >= 4 is 0 Å². The highest BCUT2D eigenvalue weighted by atomic mass is 14.7. The van der Waals surface area contributed by atoms with Gasteiger partial charge in [0.25, 0.3) is 0 Å². The van der Waals surface area contributed by atoms with Crippen LogP contribution in [-0.2, 0) is 0 Å². The van der Waals surface area contributed by atoms with E-state index in [4.69, 9.17) is 5.73 Å². The highest BCUT2D eigenvalue weighted by molar-refractivity contribution is 5.00. The molecule has 0 aromatic carbocycles. The van der Waals surface area contributed by atoms with Gasteiger partial charge in [-0.15, -0.1) is 0 Å². The summed E-state index contributed by atoms with van der Waals surface area (Å²) >= 11 is 0. The molecule has 1 rings (SSSR count). The van der Waals surface area contributed by atoms with E-state index in [1.54, 1.807) is 0 Å². The molecule has 15 heavy (non-hydrogen) atoms. The van der Waals surface area contributed by atoms with Crippen molar-refractivity contribution in [1.82, 2.24) is 0 Å². The second-order valence-electron chi connectivity index (χ2n) is 7.36. The largest absolute Gasteiger partial charge is 0.327 e. The predicted octanol–water partition coefficient (Wildman–Crippen LogP) is 3.97. The molecule has 1 saturated carbocycles. The Labute approximate surface area is 95.8 Å². The average Bonchev–Trinajstić information content (AvgIpc) is 1.97. The second-order valence-corrected chi connectivity index (χ2v) is 7.36. The standard InChI is InChI=1S/C14H29N/c1-7-14(11(2)15)9-12(3,4)8-13(5,6)10-14/h11H,7-10,15H2,1-6H3. The van der Waals surface area contributed by atoms with Crippen LogP contribution >= 0.6 is 0 Å². The quantitative estimate of drug-likeness (QED) is 0.735. The van der Waals surface area contributed by atoms with Crippen molar-refractivity contribution in [3.63, 3.8) is 0 Å². The summed E-state index contributed by atoms with van der Waals surface area (Å²) in [6.45, 7) is 14.1. The van der Waals surface area contributed by atoms with E-state index >= 15 is 0 Å². The minimum absolute atomic E-state index is 0.321. The van der Waals surface area contributed by atoms with Crippen molar-refractivity contribution in [2.45, 2.75) is 73.3 Å². The summed E-state index contributed by atoms with van der Waals surface area (Å²) in [7, 11) is 0. The highest BCUT2D eigenvalue weighted by Crippen LogP contribution is 2.56. The first-order valence-electron chi connectivity index (χ1n) is 6.38. The van der Waals surface area contributed by atoms with Crippen LogP contribution in [0.4, 0.5) is 0 Å². The topological polar surface area (TPSA) is 26.0 Å². The lowest BCUT2D eigenvalue weighted by atomic mass is 9.52. The predicted molar refractivity (Wildman–Crippen MR) is 67.8 cm³/mol. The molecule has 0 aliphatic heterocycles. The molecule has 0 heterocycles. The van der Waals surface area contributed by atoms with Gasteiger partial charge in [-0.1, -0.05) is 34.6 Å². The van der Waals surface area contributed by atoms with Gasteiger partial charge in [-0.05, 0) is 48.9 Å². The van der Waals surface area contributed by atoms with E-state index in [1.807, 2.05) is 0 Å². The van der Waals surface area contributed by atoms with Crippen LogP contribution in [0.1, 0.15) is 67.2 Å². The van der Waals surface area contributed by atoms with Gasteiger partial charge in [0, 0.05) is 6.04 Å². The van der Waals surface area contributed by atoms with Gasteiger partial charge >= 0.3 is 0 Å². The van der Waals surface area contributed by atoms with Crippen LogP contribution in [0.3, 0.4) is 0 Å². The van der Waals surface area contributed by atoms with Gasteiger partial charge in [-0.2, -0.15) is 0 Å². The zero-order valence-corrected chi connectivity index (χ0v) is 11.5. The molecule has 1 unspecified atom stereocenters. The first-order valence-corrected chi connectivity index (χ1v) is 6.38. The van der Waals surface area contributed by atoms with Gasteiger partial charge in [0.1, 0.15) is 0 Å².